The van der Waals surface area contributed by atoms with E-state index in [1.54, 1.807) is 25.2 Å². The molecular formula is C15H18N2O3. The predicted octanol–water partition coefficient (Wildman–Crippen LogP) is 0.632. The first-order valence-corrected chi connectivity index (χ1v) is 6.19. The van der Waals surface area contributed by atoms with Gasteiger partial charge in [0.15, 0.2) is 0 Å². The van der Waals surface area contributed by atoms with E-state index in [1.807, 2.05) is 6.07 Å². The van der Waals surface area contributed by atoms with E-state index in [0.29, 0.717) is 12.1 Å². The summed E-state index contributed by atoms with van der Waals surface area (Å²) in [6, 6.07) is 7.00. The Kier molecular flexibility index (Phi) is 6.27. The molecule has 0 unspecified atom stereocenters. The van der Waals surface area contributed by atoms with E-state index in [-0.39, 0.29) is 24.8 Å². The Morgan fingerprint density at radius 1 is 1.40 bits per heavy atom. The number of esters is 1. The third-order valence-electron chi connectivity index (χ3n) is 2.67. The summed E-state index contributed by atoms with van der Waals surface area (Å²) in [6.07, 6.45) is 0.172. The first-order valence-electron chi connectivity index (χ1n) is 6.19. The van der Waals surface area contributed by atoms with Gasteiger partial charge in [0, 0.05) is 24.7 Å². The van der Waals surface area contributed by atoms with Crippen molar-refractivity contribution in [2.75, 3.05) is 27.2 Å². The molecule has 0 saturated heterocycles. The lowest BCUT2D eigenvalue weighted by Gasteiger charge is -2.16. The molecule has 0 aliphatic carbocycles. The van der Waals surface area contributed by atoms with Gasteiger partial charge in [-0.15, -0.1) is 0 Å². The van der Waals surface area contributed by atoms with Gasteiger partial charge in [0.05, 0.1) is 20.1 Å². The van der Waals surface area contributed by atoms with Crippen LogP contribution in [0.15, 0.2) is 24.3 Å². The molecule has 20 heavy (non-hydrogen) atoms. The minimum absolute atomic E-state index is 0.162. The van der Waals surface area contributed by atoms with Crippen molar-refractivity contribution in [3.63, 3.8) is 0 Å². The molecule has 0 fully saturated rings. The van der Waals surface area contributed by atoms with Crippen molar-refractivity contribution >= 4 is 11.9 Å². The smallest absolute Gasteiger partial charge is 0.307 e. The van der Waals surface area contributed by atoms with Gasteiger partial charge in [-0.05, 0) is 18.2 Å². The lowest BCUT2D eigenvalue weighted by Crippen LogP contribution is -2.29. The largest absolute Gasteiger partial charge is 0.469 e. The molecule has 0 saturated carbocycles. The molecule has 0 radical (unpaired) electrons. The van der Waals surface area contributed by atoms with Crippen molar-refractivity contribution in [1.82, 2.24) is 4.90 Å². The van der Waals surface area contributed by atoms with Crippen molar-refractivity contribution in [2.24, 2.45) is 5.73 Å². The Morgan fingerprint density at radius 3 is 2.80 bits per heavy atom. The van der Waals surface area contributed by atoms with Gasteiger partial charge in [0.25, 0.3) is 5.91 Å². The molecule has 5 heteroatoms. The molecule has 0 aliphatic rings. The van der Waals surface area contributed by atoms with Crippen LogP contribution >= 0.6 is 0 Å². The first-order chi connectivity index (χ1) is 9.58. The summed E-state index contributed by atoms with van der Waals surface area (Å²) < 4.78 is 4.54. The molecule has 0 heterocycles. The summed E-state index contributed by atoms with van der Waals surface area (Å²) >= 11 is 0. The number of nitrogens with zero attached hydrogens (tertiary/aromatic N) is 1. The topological polar surface area (TPSA) is 72.6 Å². The highest BCUT2D eigenvalue weighted by Crippen LogP contribution is 2.07. The van der Waals surface area contributed by atoms with Crippen molar-refractivity contribution in [3.8, 4) is 11.8 Å². The summed E-state index contributed by atoms with van der Waals surface area (Å²) in [5.74, 6) is 5.12. The van der Waals surface area contributed by atoms with Crippen LogP contribution in [-0.4, -0.2) is 44.0 Å². The highest BCUT2D eigenvalue weighted by Gasteiger charge is 2.13. The van der Waals surface area contributed by atoms with Gasteiger partial charge in [0.2, 0.25) is 0 Å². The fourth-order valence-electron chi connectivity index (χ4n) is 1.57. The van der Waals surface area contributed by atoms with Crippen LogP contribution in [0.2, 0.25) is 0 Å². The maximum atomic E-state index is 12.2. The zero-order valence-corrected chi connectivity index (χ0v) is 11.7. The third-order valence-corrected chi connectivity index (χ3v) is 2.67. The van der Waals surface area contributed by atoms with E-state index in [1.165, 1.54) is 12.0 Å². The van der Waals surface area contributed by atoms with Crippen LogP contribution in [0.3, 0.4) is 0 Å². The van der Waals surface area contributed by atoms with Crippen LogP contribution in [0.1, 0.15) is 22.3 Å². The Bertz CT molecular complexity index is 544. The van der Waals surface area contributed by atoms with Gasteiger partial charge in [-0.1, -0.05) is 17.9 Å². The summed E-state index contributed by atoms with van der Waals surface area (Å²) in [5, 5.41) is 0. The second-order valence-electron chi connectivity index (χ2n) is 4.14. The van der Waals surface area contributed by atoms with Gasteiger partial charge in [-0.2, -0.15) is 0 Å². The second-order valence-corrected chi connectivity index (χ2v) is 4.14. The molecule has 0 aliphatic heterocycles. The van der Waals surface area contributed by atoms with Crippen LogP contribution < -0.4 is 5.73 Å². The molecule has 0 atom stereocenters. The highest BCUT2D eigenvalue weighted by atomic mass is 16.5. The molecule has 5 nitrogen and oxygen atoms in total. The van der Waals surface area contributed by atoms with Crippen molar-refractivity contribution in [2.45, 2.75) is 6.42 Å². The number of methoxy groups -OCH3 is 1. The normalized spacial score (nSPS) is 9.35. The third kappa shape index (κ3) is 4.75. The Balaban J connectivity index is 2.73. The molecule has 1 aromatic carbocycles. The quantitative estimate of drug-likeness (QED) is 0.645. The van der Waals surface area contributed by atoms with Crippen molar-refractivity contribution < 1.29 is 14.3 Å². The number of amides is 1. The van der Waals surface area contributed by atoms with E-state index in [9.17, 15) is 9.59 Å². The molecule has 0 spiro atoms. The average molecular weight is 274 g/mol. The summed E-state index contributed by atoms with van der Waals surface area (Å²) in [5.41, 5.74) is 6.58. The maximum absolute atomic E-state index is 12.2. The summed E-state index contributed by atoms with van der Waals surface area (Å²) in [7, 11) is 2.97. The van der Waals surface area contributed by atoms with Gasteiger partial charge < -0.3 is 15.4 Å². The number of hydrogen-bond donors (Lipinski definition) is 1. The van der Waals surface area contributed by atoms with Gasteiger partial charge in [0.1, 0.15) is 0 Å². The molecule has 0 aromatic heterocycles. The minimum atomic E-state index is -0.341. The minimum Gasteiger partial charge on any atom is -0.469 e. The van der Waals surface area contributed by atoms with Crippen LogP contribution in [0, 0.1) is 11.8 Å². The standard InChI is InChI=1S/C15H18N2O3/c1-17(10-8-14(18)20-2)15(19)13-7-3-5-12(11-13)6-4-9-16/h3,5,7,11H,8-10,16H2,1-2H3. The average Bonchev–Trinajstić information content (AvgIpc) is 2.49. The summed E-state index contributed by atoms with van der Waals surface area (Å²) in [4.78, 5) is 24.7. The Hall–Kier alpha value is -2.32. The zero-order valence-electron chi connectivity index (χ0n) is 11.7. The van der Waals surface area contributed by atoms with Crippen LogP contribution in [0.4, 0.5) is 0 Å². The van der Waals surface area contributed by atoms with E-state index >= 15 is 0 Å². The lowest BCUT2D eigenvalue weighted by molar-refractivity contribution is -0.140. The number of carbonyl (C=O) groups is 2. The number of nitrogens with two attached hydrogens (primary N) is 1. The number of benzene rings is 1. The van der Waals surface area contributed by atoms with E-state index in [2.05, 4.69) is 16.6 Å². The van der Waals surface area contributed by atoms with Gasteiger partial charge in [-0.3, -0.25) is 9.59 Å². The van der Waals surface area contributed by atoms with E-state index < -0.39 is 0 Å². The van der Waals surface area contributed by atoms with Crippen LogP contribution in [0.25, 0.3) is 0 Å². The molecule has 106 valence electrons. The van der Waals surface area contributed by atoms with E-state index in [4.69, 9.17) is 5.73 Å². The Labute approximate surface area is 118 Å². The van der Waals surface area contributed by atoms with E-state index in [0.717, 1.165) is 5.56 Å². The number of rotatable bonds is 4. The maximum Gasteiger partial charge on any atom is 0.307 e. The SMILES string of the molecule is COC(=O)CCN(C)C(=O)c1cccc(C#CCN)c1. The van der Waals surface area contributed by atoms with Gasteiger partial charge in [-0.25, -0.2) is 0 Å². The van der Waals surface area contributed by atoms with Crippen molar-refractivity contribution in [3.05, 3.63) is 35.4 Å². The highest BCUT2D eigenvalue weighted by molar-refractivity contribution is 5.94. The van der Waals surface area contributed by atoms with Gasteiger partial charge >= 0.3 is 5.97 Å². The predicted molar refractivity (Wildman–Crippen MR) is 76.0 cm³/mol. The fourth-order valence-corrected chi connectivity index (χ4v) is 1.57. The molecule has 1 amide bonds. The molecule has 2 N–H and O–H groups in total. The molecule has 1 aromatic rings. The fraction of sp³-hybridized carbons (Fsp3) is 0.333. The zero-order chi connectivity index (χ0) is 15.0. The number of ether oxygens (including phenoxy) is 1. The van der Waals surface area contributed by atoms with Crippen LogP contribution in [0.5, 0.6) is 0 Å². The monoisotopic (exact) mass is 274 g/mol. The second kappa shape index (κ2) is 7.97. The lowest BCUT2D eigenvalue weighted by atomic mass is 10.1. The number of carbonyl (C=O) groups excluding carboxylic acids is 2. The van der Waals surface area contributed by atoms with Crippen molar-refractivity contribution in [1.29, 1.82) is 0 Å². The first kappa shape index (κ1) is 15.7. The Morgan fingerprint density at radius 2 is 2.15 bits per heavy atom. The van der Waals surface area contributed by atoms with Crippen LogP contribution in [-0.2, 0) is 9.53 Å². The molecule has 0 bridgehead atoms. The summed E-state index contributed by atoms with van der Waals surface area (Å²) in [6.45, 7) is 0.585. The molecule has 1 rings (SSSR count). The number of hydrogen-bond acceptors (Lipinski definition) is 4. The molecular weight excluding hydrogens is 256 g/mol.